The predicted octanol–water partition coefficient (Wildman–Crippen LogP) is 3.52. The van der Waals surface area contributed by atoms with Crippen molar-refractivity contribution in [1.82, 2.24) is 0 Å². The van der Waals surface area contributed by atoms with E-state index in [1.165, 1.54) is 36.0 Å². The molecule has 0 amide bonds. The Morgan fingerprint density at radius 1 is 1.31 bits per heavy atom. The Labute approximate surface area is 153 Å². The van der Waals surface area contributed by atoms with Gasteiger partial charge in [0, 0.05) is 18.0 Å². The van der Waals surface area contributed by atoms with Crippen LogP contribution in [0.4, 0.5) is 11.4 Å². The first kappa shape index (κ1) is 17.5. The van der Waals surface area contributed by atoms with Gasteiger partial charge in [0.15, 0.2) is 6.61 Å². The summed E-state index contributed by atoms with van der Waals surface area (Å²) >= 11 is 1.35. The smallest absolute Gasteiger partial charge is 0.273 e. The van der Waals surface area contributed by atoms with Crippen LogP contribution < -0.4 is 9.64 Å². The van der Waals surface area contributed by atoms with Crippen LogP contribution in [0.1, 0.15) is 0 Å². The number of nitro groups is 1. The number of hydrogen-bond acceptors (Lipinski definition) is 7. The molecule has 0 spiro atoms. The van der Waals surface area contributed by atoms with Gasteiger partial charge in [0.1, 0.15) is 22.4 Å². The van der Waals surface area contributed by atoms with Crippen LogP contribution in [-0.2, 0) is 4.79 Å². The monoisotopic (exact) mass is 367 g/mol. The number of Topliss-reactive ketones (excluding diaryl/α,β-unsaturated/α-hetero) is 1. The van der Waals surface area contributed by atoms with Crippen LogP contribution in [-0.4, -0.2) is 24.4 Å². The molecule has 1 aliphatic heterocycles. The van der Waals surface area contributed by atoms with Gasteiger partial charge in [-0.3, -0.25) is 14.9 Å². The molecule has 0 atom stereocenters. The minimum absolute atomic E-state index is 0.000805. The normalized spacial score (nSPS) is 14.4. The molecule has 1 aliphatic rings. The molecule has 0 saturated carbocycles. The summed E-state index contributed by atoms with van der Waals surface area (Å²) in [6.45, 7) is -0.377. The Kier molecular flexibility index (Phi) is 4.91. The van der Waals surface area contributed by atoms with Crippen molar-refractivity contribution in [3.63, 3.8) is 0 Å². The van der Waals surface area contributed by atoms with Crippen molar-refractivity contribution < 1.29 is 14.5 Å². The molecule has 0 fully saturated rings. The molecule has 2 aromatic carbocycles. The number of thioether (sulfide) groups is 1. The highest BCUT2D eigenvalue weighted by atomic mass is 32.2. The molecule has 1 heterocycles. The van der Waals surface area contributed by atoms with Crippen molar-refractivity contribution in [3.05, 3.63) is 69.2 Å². The highest BCUT2D eigenvalue weighted by Crippen LogP contribution is 2.46. The Bertz CT molecular complexity index is 965. The number of nitro benzene ring substituents is 1. The van der Waals surface area contributed by atoms with Gasteiger partial charge in [-0.25, -0.2) is 0 Å². The van der Waals surface area contributed by atoms with Gasteiger partial charge in [0.2, 0.25) is 5.78 Å². The minimum Gasteiger partial charge on any atom is -0.485 e. The van der Waals surface area contributed by atoms with Gasteiger partial charge in [-0.2, -0.15) is 5.26 Å². The van der Waals surface area contributed by atoms with Crippen molar-refractivity contribution in [2.75, 3.05) is 18.6 Å². The summed E-state index contributed by atoms with van der Waals surface area (Å²) in [6, 6.07) is 15.1. The van der Waals surface area contributed by atoms with Crippen molar-refractivity contribution in [3.8, 4) is 11.8 Å². The third-order valence-electron chi connectivity index (χ3n) is 3.74. The second-order valence-corrected chi connectivity index (χ2v) is 6.42. The summed E-state index contributed by atoms with van der Waals surface area (Å²) in [7, 11) is 1.79. The molecular weight excluding hydrogens is 354 g/mol. The number of ether oxygens (including phenoxy) is 1. The Morgan fingerprint density at radius 2 is 2.08 bits per heavy atom. The van der Waals surface area contributed by atoms with Crippen LogP contribution in [0.25, 0.3) is 0 Å². The summed E-state index contributed by atoms with van der Waals surface area (Å²) in [4.78, 5) is 25.5. The van der Waals surface area contributed by atoms with Crippen molar-refractivity contribution in [2.45, 2.75) is 4.90 Å². The number of non-ortho nitro benzene ring substituents is 1. The average molecular weight is 367 g/mol. The van der Waals surface area contributed by atoms with E-state index < -0.39 is 10.7 Å². The van der Waals surface area contributed by atoms with Crippen LogP contribution in [0.5, 0.6) is 5.75 Å². The fraction of sp³-hybridized carbons (Fsp3) is 0.111. The second-order valence-electron chi connectivity index (χ2n) is 5.39. The van der Waals surface area contributed by atoms with Gasteiger partial charge < -0.3 is 9.64 Å². The zero-order chi connectivity index (χ0) is 18.7. The number of nitrogens with zero attached hydrogens (tertiary/aromatic N) is 3. The molecule has 0 N–H and O–H groups in total. The van der Waals surface area contributed by atoms with E-state index in [-0.39, 0.29) is 23.6 Å². The van der Waals surface area contributed by atoms with Crippen LogP contribution in [0, 0.1) is 21.4 Å². The topological polar surface area (TPSA) is 96.5 Å². The van der Waals surface area contributed by atoms with Gasteiger partial charge in [0.25, 0.3) is 5.69 Å². The summed E-state index contributed by atoms with van der Waals surface area (Å²) in [6.07, 6.45) is 0. The molecule has 0 radical (unpaired) electrons. The van der Waals surface area contributed by atoms with Crippen LogP contribution in [0.3, 0.4) is 0 Å². The van der Waals surface area contributed by atoms with E-state index in [2.05, 4.69) is 0 Å². The zero-order valence-corrected chi connectivity index (χ0v) is 14.5. The van der Waals surface area contributed by atoms with Gasteiger partial charge in [-0.15, -0.1) is 0 Å². The first-order valence-corrected chi connectivity index (χ1v) is 8.38. The van der Waals surface area contributed by atoms with E-state index in [1.54, 1.807) is 11.9 Å². The summed E-state index contributed by atoms with van der Waals surface area (Å²) in [5.41, 5.74) is 0.794. The summed E-state index contributed by atoms with van der Waals surface area (Å²) in [5.74, 6) is -0.285. The minimum atomic E-state index is -0.543. The number of hydrogen-bond donors (Lipinski definition) is 0. The number of carbonyl (C=O) groups is 1. The quantitative estimate of drug-likeness (QED) is 0.345. The van der Waals surface area contributed by atoms with E-state index in [1.807, 2.05) is 30.3 Å². The van der Waals surface area contributed by atoms with Crippen LogP contribution in [0.2, 0.25) is 0 Å². The Hall–Kier alpha value is -3.31. The first-order chi connectivity index (χ1) is 12.5. The van der Waals surface area contributed by atoms with E-state index in [0.29, 0.717) is 5.03 Å². The van der Waals surface area contributed by atoms with Gasteiger partial charge in [-0.1, -0.05) is 30.0 Å². The number of rotatable bonds is 5. The third-order valence-corrected chi connectivity index (χ3v) is 4.98. The molecule has 0 saturated heterocycles. The largest absolute Gasteiger partial charge is 0.485 e. The number of fused-ring (bicyclic) bond motifs is 1. The number of para-hydroxylation sites is 1. The van der Waals surface area contributed by atoms with Crippen LogP contribution in [0.15, 0.2) is 64.0 Å². The van der Waals surface area contributed by atoms with Gasteiger partial charge >= 0.3 is 0 Å². The zero-order valence-electron chi connectivity index (χ0n) is 13.7. The highest BCUT2D eigenvalue weighted by Gasteiger charge is 2.28. The van der Waals surface area contributed by atoms with E-state index in [4.69, 9.17) is 4.74 Å². The maximum Gasteiger partial charge on any atom is 0.273 e. The lowest BCUT2D eigenvalue weighted by atomic mass is 10.2. The lowest BCUT2D eigenvalue weighted by Crippen LogP contribution is -2.19. The average Bonchev–Trinajstić information content (AvgIpc) is 2.98. The maximum absolute atomic E-state index is 12.5. The fourth-order valence-corrected chi connectivity index (χ4v) is 3.62. The molecular formula is C18H13N3O4S. The summed E-state index contributed by atoms with van der Waals surface area (Å²) in [5, 5.41) is 20.8. The lowest BCUT2D eigenvalue weighted by Gasteiger charge is -2.14. The second kappa shape index (κ2) is 7.29. The molecule has 26 heavy (non-hydrogen) atoms. The lowest BCUT2D eigenvalue weighted by molar-refractivity contribution is -0.384. The van der Waals surface area contributed by atoms with Crippen molar-refractivity contribution in [1.29, 1.82) is 5.26 Å². The highest BCUT2D eigenvalue weighted by molar-refractivity contribution is 8.03. The summed E-state index contributed by atoms with van der Waals surface area (Å²) < 4.78 is 5.35. The van der Waals surface area contributed by atoms with Crippen LogP contribution >= 0.6 is 11.8 Å². The number of ketones is 1. The molecule has 8 heteroatoms. The number of nitriles is 1. The number of carbonyl (C=O) groups excluding carboxylic acids is 1. The van der Waals surface area contributed by atoms with E-state index >= 15 is 0 Å². The molecule has 3 rings (SSSR count). The van der Waals surface area contributed by atoms with Crippen molar-refractivity contribution >= 4 is 28.9 Å². The SMILES string of the molecule is CN1/C(=C(/C#N)C(=O)COc2cccc([N+](=O)[O-])c2)Sc2ccccc21. The Balaban J connectivity index is 1.78. The first-order valence-electron chi connectivity index (χ1n) is 7.56. The number of anilines is 1. The van der Waals surface area contributed by atoms with Gasteiger partial charge in [-0.05, 0) is 18.2 Å². The molecule has 0 bridgehead atoms. The number of benzene rings is 2. The molecule has 0 aliphatic carbocycles. The Morgan fingerprint density at radius 3 is 2.77 bits per heavy atom. The molecule has 0 aromatic heterocycles. The maximum atomic E-state index is 12.5. The van der Waals surface area contributed by atoms with E-state index in [9.17, 15) is 20.2 Å². The fourth-order valence-electron chi connectivity index (χ4n) is 2.46. The molecule has 7 nitrogen and oxygen atoms in total. The molecule has 130 valence electrons. The molecule has 2 aromatic rings. The van der Waals surface area contributed by atoms with Gasteiger partial charge in [0.05, 0.1) is 16.7 Å². The standard InChI is InChI=1S/C18H13N3O4S/c1-20-15-7-2-3-8-17(15)26-18(20)14(10-19)16(22)11-25-13-6-4-5-12(9-13)21(23)24/h2-9H,11H2,1H3/b18-14+. The molecule has 0 unspecified atom stereocenters. The third kappa shape index (κ3) is 3.38. The van der Waals surface area contributed by atoms with E-state index in [0.717, 1.165) is 10.6 Å². The van der Waals surface area contributed by atoms with Crippen molar-refractivity contribution in [2.24, 2.45) is 0 Å². The predicted molar refractivity (Wildman–Crippen MR) is 96.9 cm³/mol.